The van der Waals surface area contributed by atoms with Crippen molar-refractivity contribution in [1.29, 1.82) is 0 Å². The first kappa shape index (κ1) is 12.9. The summed E-state index contributed by atoms with van der Waals surface area (Å²) < 4.78 is 4.43. The highest BCUT2D eigenvalue weighted by Gasteiger charge is 2.54. The topological polar surface area (TPSA) is 66.9 Å². The van der Waals surface area contributed by atoms with Gasteiger partial charge in [-0.25, -0.2) is 4.79 Å². The first-order valence-corrected chi connectivity index (χ1v) is 7.46. The molecule has 5 rings (SSSR count). The van der Waals surface area contributed by atoms with Crippen molar-refractivity contribution >= 4 is 11.9 Å². The Balaban J connectivity index is 0.000000155. The van der Waals surface area contributed by atoms with Gasteiger partial charge in [0.05, 0.1) is 5.41 Å². The highest BCUT2D eigenvalue weighted by Crippen LogP contribution is 2.59. The van der Waals surface area contributed by atoms with Gasteiger partial charge in [0.25, 0.3) is 0 Å². The molecule has 106 valence electrons. The number of ether oxygens (including phenoxy) is 1. The standard InChI is InChI=1S/C11H16O2.C4H6O2/c12-10(13)11-4-7-1-8(5-11)3-9(2-7)6-11;1-2-3-4(5)6-3/h7-9H,1-6H2,(H,12,13);3H,2H2,1H3. The number of carboxylic acids is 1. The van der Waals surface area contributed by atoms with Gasteiger partial charge >= 0.3 is 11.9 Å². The number of rotatable bonds is 2. The van der Waals surface area contributed by atoms with E-state index >= 15 is 0 Å². The SMILES string of the molecule is CCC1OC1=O.O=C(O)C12CC3CC(CC(C3)C1)C2. The second kappa shape index (κ2) is 4.50. The lowest BCUT2D eigenvalue weighted by Gasteiger charge is -2.54. The molecular formula is C15H22O4. The van der Waals surface area contributed by atoms with Crippen molar-refractivity contribution in [2.45, 2.75) is 58.0 Å². The summed E-state index contributed by atoms with van der Waals surface area (Å²) in [4.78, 5) is 21.1. The van der Waals surface area contributed by atoms with E-state index in [9.17, 15) is 14.7 Å². The molecule has 1 atom stereocenters. The Labute approximate surface area is 113 Å². The van der Waals surface area contributed by atoms with Crippen LogP contribution in [-0.4, -0.2) is 23.1 Å². The molecule has 5 fully saturated rings. The van der Waals surface area contributed by atoms with Gasteiger partial charge in [-0.1, -0.05) is 6.92 Å². The Kier molecular flexibility index (Phi) is 3.06. The van der Waals surface area contributed by atoms with Crippen molar-refractivity contribution in [2.24, 2.45) is 23.2 Å². The van der Waals surface area contributed by atoms with Crippen LogP contribution < -0.4 is 0 Å². The van der Waals surface area contributed by atoms with Crippen LogP contribution in [0, 0.1) is 23.2 Å². The van der Waals surface area contributed by atoms with Crippen LogP contribution in [0.2, 0.25) is 0 Å². The summed E-state index contributed by atoms with van der Waals surface area (Å²) in [6, 6.07) is 0. The summed E-state index contributed by atoms with van der Waals surface area (Å²) in [6.07, 6.45) is 7.71. The average molecular weight is 266 g/mol. The predicted octanol–water partition coefficient (Wildman–Crippen LogP) is 2.61. The molecule has 4 nitrogen and oxygen atoms in total. The summed E-state index contributed by atoms with van der Waals surface area (Å²) in [6.45, 7) is 1.93. The van der Waals surface area contributed by atoms with Gasteiger partial charge in [0.15, 0.2) is 6.10 Å². The van der Waals surface area contributed by atoms with E-state index in [1.807, 2.05) is 6.92 Å². The van der Waals surface area contributed by atoms with Crippen LogP contribution in [0.5, 0.6) is 0 Å². The van der Waals surface area contributed by atoms with Gasteiger partial charge in [0.2, 0.25) is 0 Å². The van der Waals surface area contributed by atoms with Gasteiger partial charge < -0.3 is 9.84 Å². The molecule has 0 spiro atoms. The van der Waals surface area contributed by atoms with Crippen LogP contribution in [0.1, 0.15) is 51.9 Å². The molecule has 0 aromatic carbocycles. The predicted molar refractivity (Wildman–Crippen MR) is 68.4 cm³/mol. The number of aliphatic carboxylic acids is 1. The summed E-state index contributed by atoms with van der Waals surface area (Å²) >= 11 is 0. The maximum Gasteiger partial charge on any atom is 0.348 e. The van der Waals surface area contributed by atoms with Gasteiger partial charge in [0.1, 0.15) is 0 Å². The van der Waals surface area contributed by atoms with Crippen LogP contribution in [0.15, 0.2) is 0 Å². The van der Waals surface area contributed by atoms with Crippen LogP contribution in [0.25, 0.3) is 0 Å². The number of carbonyl (C=O) groups is 2. The second-order valence-corrected chi connectivity index (χ2v) is 6.84. The summed E-state index contributed by atoms with van der Waals surface area (Å²) in [5.74, 6) is 1.70. The molecule has 4 aliphatic carbocycles. The maximum atomic E-state index is 11.3. The van der Waals surface area contributed by atoms with Crippen molar-refractivity contribution in [1.82, 2.24) is 0 Å². The Morgan fingerprint density at radius 2 is 1.63 bits per heavy atom. The van der Waals surface area contributed by atoms with E-state index in [0.29, 0.717) is 0 Å². The first-order valence-electron chi connectivity index (χ1n) is 7.46. The average Bonchev–Trinajstić information content (AvgIpc) is 3.04. The van der Waals surface area contributed by atoms with Crippen LogP contribution >= 0.6 is 0 Å². The fourth-order valence-electron chi connectivity index (χ4n) is 4.73. The third-order valence-electron chi connectivity index (χ3n) is 5.33. The van der Waals surface area contributed by atoms with Crippen LogP contribution in [0.4, 0.5) is 0 Å². The van der Waals surface area contributed by atoms with Crippen molar-refractivity contribution in [2.75, 3.05) is 0 Å². The van der Waals surface area contributed by atoms with Crippen LogP contribution in [0.3, 0.4) is 0 Å². The molecule has 4 heteroatoms. The molecule has 5 aliphatic rings. The normalized spacial score (nSPS) is 45.2. The molecule has 0 radical (unpaired) electrons. The molecule has 1 N–H and O–H groups in total. The number of cyclic esters (lactones) is 1. The minimum atomic E-state index is -0.508. The van der Waals surface area contributed by atoms with Gasteiger partial charge in [-0.2, -0.15) is 0 Å². The highest BCUT2D eigenvalue weighted by molar-refractivity contribution is 5.87. The molecule has 4 bridgehead atoms. The lowest BCUT2D eigenvalue weighted by atomic mass is 9.49. The lowest BCUT2D eigenvalue weighted by molar-refractivity contribution is -0.164. The molecule has 1 aliphatic heterocycles. The monoisotopic (exact) mass is 266 g/mol. The zero-order valence-corrected chi connectivity index (χ0v) is 11.4. The molecule has 0 aromatic rings. The van der Waals surface area contributed by atoms with Gasteiger partial charge in [-0.05, 0) is 62.7 Å². The largest absolute Gasteiger partial charge is 0.481 e. The fourth-order valence-corrected chi connectivity index (χ4v) is 4.73. The Morgan fingerprint density at radius 1 is 1.21 bits per heavy atom. The molecule has 1 saturated heterocycles. The molecule has 0 aromatic heterocycles. The van der Waals surface area contributed by atoms with E-state index in [0.717, 1.165) is 43.4 Å². The van der Waals surface area contributed by atoms with Crippen molar-refractivity contribution in [3.05, 3.63) is 0 Å². The number of hydrogen-bond acceptors (Lipinski definition) is 3. The molecule has 1 heterocycles. The Morgan fingerprint density at radius 3 is 1.84 bits per heavy atom. The summed E-state index contributed by atoms with van der Waals surface area (Å²) in [7, 11) is 0. The lowest BCUT2D eigenvalue weighted by Crippen LogP contribution is -2.49. The van der Waals surface area contributed by atoms with Gasteiger partial charge in [-0.3, -0.25) is 4.79 Å². The fraction of sp³-hybridized carbons (Fsp3) is 0.867. The van der Waals surface area contributed by atoms with E-state index < -0.39 is 5.97 Å². The van der Waals surface area contributed by atoms with Crippen molar-refractivity contribution in [3.63, 3.8) is 0 Å². The Bertz CT molecular complexity index is 366. The van der Waals surface area contributed by atoms with Crippen molar-refractivity contribution in [3.8, 4) is 0 Å². The van der Waals surface area contributed by atoms with Crippen LogP contribution in [-0.2, 0) is 14.3 Å². The molecule has 4 saturated carbocycles. The van der Waals surface area contributed by atoms with E-state index in [1.54, 1.807) is 0 Å². The van der Waals surface area contributed by atoms with Crippen molar-refractivity contribution < 1.29 is 19.4 Å². The molecule has 0 amide bonds. The minimum Gasteiger partial charge on any atom is -0.481 e. The third-order valence-corrected chi connectivity index (χ3v) is 5.33. The van der Waals surface area contributed by atoms with Gasteiger partial charge in [-0.15, -0.1) is 0 Å². The quantitative estimate of drug-likeness (QED) is 0.780. The number of hydrogen-bond donors (Lipinski definition) is 1. The van der Waals surface area contributed by atoms with E-state index in [4.69, 9.17) is 0 Å². The number of epoxide rings is 1. The van der Waals surface area contributed by atoms with E-state index in [2.05, 4.69) is 4.74 Å². The van der Waals surface area contributed by atoms with E-state index in [-0.39, 0.29) is 17.5 Å². The second-order valence-electron chi connectivity index (χ2n) is 6.84. The highest BCUT2D eigenvalue weighted by atomic mass is 16.6. The number of carboxylic acid groups (broad SMARTS) is 1. The summed E-state index contributed by atoms with van der Waals surface area (Å²) in [5, 5.41) is 9.28. The summed E-state index contributed by atoms with van der Waals surface area (Å²) in [5.41, 5.74) is -0.283. The Hall–Kier alpha value is -1.06. The minimum absolute atomic E-state index is 0.0370. The smallest absolute Gasteiger partial charge is 0.348 e. The number of carbonyl (C=O) groups excluding carboxylic acids is 1. The zero-order chi connectivity index (χ0) is 13.6. The first-order chi connectivity index (χ1) is 9.02. The maximum absolute atomic E-state index is 11.3. The molecular weight excluding hydrogens is 244 g/mol. The molecule has 1 unspecified atom stereocenters. The van der Waals surface area contributed by atoms with E-state index in [1.165, 1.54) is 19.3 Å². The zero-order valence-electron chi connectivity index (χ0n) is 11.4. The third kappa shape index (κ3) is 2.37. The van der Waals surface area contributed by atoms with Gasteiger partial charge in [0, 0.05) is 0 Å². The molecule has 19 heavy (non-hydrogen) atoms.